The lowest BCUT2D eigenvalue weighted by molar-refractivity contribution is 0.0700. The van der Waals surface area contributed by atoms with Gasteiger partial charge in [-0.05, 0) is 0 Å². The first-order valence-electron chi connectivity index (χ1n) is 2.24. The van der Waals surface area contributed by atoms with Crippen molar-refractivity contribution in [2.75, 3.05) is 19.9 Å². The van der Waals surface area contributed by atoms with Crippen molar-refractivity contribution in [3.63, 3.8) is 0 Å². The third kappa shape index (κ3) is 34.2. The standard InChI is InChI=1S/C2H4F2O.C2H5FO/c3-2(4)1-5;3-1-2-4/h2,5H,1H2;4H,1-2H2. The van der Waals surface area contributed by atoms with Crippen molar-refractivity contribution in [3.05, 3.63) is 0 Å². The number of alkyl halides is 3. The summed E-state index contributed by atoms with van der Waals surface area (Å²) in [6.45, 7) is -2.00. The molecule has 0 saturated heterocycles. The number of hydrogen-bond acceptors (Lipinski definition) is 2. The average molecular weight is 146 g/mol. The van der Waals surface area contributed by atoms with Gasteiger partial charge in [0.25, 0.3) is 6.43 Å². The van der Waals surface area contributed by atoms with Crippen LogP contribution < -0.4 is 0 Å². The first-order valence-corrected chi connectivity index (χ1v) is 2.24. The predicted octanol–water partition coefficient (Wildman–Crippen LogP) is 0.192. The lowest BCUT2D eigenvalue weighted by Gasteiger charge is -1.81. The fourth-order valence-corrected chi connectivity index (χ4v) is 0. The Morgan fingerprint density at radius 2 is 1.44 bits per heavy atom. The number of aliphatic hydroxyl groups excluding tert-OH is 2. The summed E-state index contributed by atoms with van der Waals surface area (Å²) in [7, 11) is 0. The molecule has 0 aliphatic rings. The fourth-order valence-electron chi connectivity index (χ4n) is 0. The van der Waals surface area contributed by atoms with Crippen LogP contribution in [0, 0.1) is 0 Å². The van der Waals surface area contributed by atoms with E-state index in [0.717, 1.165) is 0 Å². The molecule has 0 heterocycles. The SMILES string of the molecule is OCC(F)F.OCCF. The fraction of sp³-hybridized carbons (Fsp3) is 1.00. The van der Waals surface area contributed by atoms with E-state index < -0.39 is 19.7 Å². The van der Waals surface area contributed by atoms with Crippen molar-refractivity contribution < 1.29 is 23.4 Å². The summed E-state index contributed by atoms with van der Waals surface area (Å²) in [5, 5.41) is 14.9. The maximum Gasteiger partial charge on any atom is 0.261 e. The van der Waals surface area contributed by atoms with Gasteiger partial charge >= 0.3 is 0 Å². The molecule has 0 unspecified atom stereocenters. The molecule has 0 saturated carbocycles. The third-order valence-corrected chi connectivity index (χ3v) is 0.223. The van der Waals surface area contributed by atoms with E-state index in [2.05, 4.69) is 0 Å². The Balaban J connectivity index is 0. The smallest absolute Gasteiger partial charge is 0.261 e. The van der Waals surface area contributed by atoms with Crippen LogP contribution in [0.2, 0.25) is 0 Å². The van der Waals surface area contributed by atoms with Crippen LogP contribution in [0.25, 0.3) is 0 Å². The van der Waals surface area contributed by atoms with Gasteiger partial charge in [0.2, 0.25) is 0 Å². The van der Waals surface area contributed by atoms with E-state index in [-0.39, 0.29) is 6.61 Å². The molecule has 0 aromatic rings. The summed E-state index contributed by atoms with van der Waals surface area (Å²) >= 11 is 0. The van der Waals surface area contributed by atoms with Crippen molar-refractivity contribution >= 4 is 0 Å². The molecule has 0 bridgehead atoms. The molecule has 0 atom stereocenters. The van der Waals surface area contributed by atoms with Crippen molar-refractivity contribution in [2.24, 2.45) is 0 Å². The lowest BCUT2D eigenvalue weighted by Crippen LogP contribution is -1.94. The van der Waals surface area contributed by atoms with E-state index in [1.54, 1.807) is 0 Å². The van der Waals surface area contributed by atoms with Gasteiger partial charge in [-0.2, -0.15) is 0 Å². The van der Waals surface area contributed by atoms with E-state index >= 15 is 0 Å². The highest BCUT2D eigenvalue weighted by Gasteiger charge is 1.92. The quantitative estimate of drug-likeness (QED) is 0.583. The minimum atomic E-state index is -2.56. The Bertz CT molecular complexity index is 40.8. The molecule has 0 fully saturated rings. The van der Waals surface area contributed by atoms with Crippen LogP contribution in [0.15, 0.2) is 0 Å². The van der Waals surface area contributed by atoms with Crippen LogP contribution in [-0.2, 0) is 0 Å². The summed E-state index contributed by atoms with van der Waals surface area (Å²) in [6, 6.07) is 0. The zero-order valence-electron chi connectivity index (χ0n) is 4.73. The Morgan fingerprint density at radius 1 is 1.22 bits per heavy atom. The van der Waals surface area contributed by atoms with Gasteiger partial charge in [0.05, 0.1) is 6.61 Å². The highest BCUT2D eigenvalue weighted by Crippen LogP contribution is 1.84. The topological polar surface area (TPSA) is 40.5 Å². The van der Waals surface area contributed by atoms with Gasteiger partial charge in [0, 0.05) is 0 Å². The molecule has 2 nitrogen and oxygen atoms in total. The number of aliphatic hydroxyl groups is 2. The van der Waals surface area contributed by atoms with Gasteiger partial charge in [0.15, 0.2) is 0 Å². The molecule has 0 amide bonds. The molecule has 0 aliphatic carbocycles. The zero-order chi connectivity index (χ0) is 7.70. The number of hydrogen-bond donors (Lipinski definition) is 2. The summed E-state index contributed by atoms with van der Waals surface area (Å²) in [6.07, 6.45) is -2.56. The molecule has 5 heteroatoms. The van der Waals surface area contributed by atoms with Gasteiger partial charge in [0.1, 0.15) is 13.3 Å². The van der Waals surface area contributed by atoms with E-state index in [0.29, 0.717) is 0 Å². The van der Waals surface area contributed by atoms with E-state index in [1.807, 2.05) is 0 Å². The van der Waals surface area contributed by atoms with Crippen LogP contribution >= 0.6 is 0 Å². The molecule has 0 spiro atoms. The van der Waals surface area contributed by atoms with Gasteiger partial charge < -0.3 is 10.2 Å². The van der Waals surface area contributed by atoms with Crippen LogP contribution in [0.5, 0.6) is 0 Å². The van der Waals surface area contributed by atoms with Crippen molar-refractivity contribution in [1.29, 1.82) is 0 Å². The Hall–Kier alpha value is -0.290. The lowest BCUT2D eigenvalue weighted by atomic mass is 10.8. The Labute approximate surface area is 50.9 Å². The van der Waals surface area contributed by atoms with Crippen LogP contribution in [-0.4, -0.2) is 36.5 Å². The minimum Gasteiger partial charge on any atom is -0.394 e. The minimum absolute atomic E-state index is 0.347. The van der Waals surface area contributed by atoms with Gasteiger partial charge in [-0.15, -0.1) is 0 Å². The van der Waals surface area contributed by atoms with Crippen LogP contribution in [0.4, 0.5) is 13.2 Å². The van der Waals surface area contributed by atoms with E-state index in [4.69, 9.17) is 10.2 Å². The zero-order valence-corrected chi connectivity index (χ0v) is 4.73. The van der Waals surface area contributed by atoms with Crippen LogP contribution in [0.1, 0.15) is 0 Å². The number of rotatable bonds is 2. The number of halogens is 3. The molecule has 2 N–H and O–H groups in total. The molecular formula is C4H9F3O2. The van der Waals surface area contributed by atoms with E-state index in [9.17, 15) is 13.2 Å². The average Bonchev–Trinajstić information content (AvgIpc) is 1.89. The first-order chi connectivity index (χ1) is 4.18. The Morgan fingerprint density at radius 3 is 1.44 bits per heavy atom. The monoisotopic (exact) mass is 146 g/mol. The first kappa shape index (κ1) is 11.5. The largest absolute Gasteiger partial charge is 0.394 e. The highest BCUT2D eigenvalue weighted by atomic mass is 19.3. The Kier molecular flexibility index (Phi) is 13.6. The summed E-state index contributed by atoms with van der Waals surface area (Å²) < 4.78 is 31.5. The summed E-state index contributed by atoms with van der Waals surface area (Å²) in [5.74, 6) is 0. The van der Waals surface area contributed by atoms with E-state index in [1.165, 1.54) is 0 Å². The second-order valence-electron chi connectivity index (χ2n) is 0.986. The molecule has 0 aliphatic heterocycles. The molecule has 0 radical (unpaired) electrons. The van der Waals surface area contributed by atoms with Crippen molar-refractivity contribution in [1.82, 2.24) is 0 Å². The second-order valence-corrected chi connectivity index (χ2v) is 0.986. The van der Waals surface area contributed by atoms with Crippen molar-refractivity contribution in [2.45, 2.75) is 6.43 Å². The molecule has 0 aromatic heterocycles. The molecule has 0 rings (SSSR count). The summed E-state index contributed by atoms with van der Waals surface area (Å²) in [5.41, 5.74) is 0. The van der Waals surface area contributed by atoms with Gasteiger partial charge in [-0.25, -0.2) is 13.2 Å². The molecule has 58 valence electrons. The predicted molar refractivity (Wildman–Crippen MR) is 26.2 cm³/mol. The normalized spacial score (nSPS) is 8.67. The molecule has 0 aromatic carbocycles. The van der Waals surface area contributed by atoms with Gasteiger partial charge in [-0.3, -0.25) is 0 Å². The maximum absolute atomic E-state index is 10.5. The second kappa shape index (κ2) is 10.6. The molecular weight excluding hydrogens is 137 g/mol. The molecule has 9 heavy (non-hydrogen) atoms. The maximum atomic E-state index is 10.5. The van der Waals surface area contributed by atoms with Gasteiger partial charge in [-0.1, -0.05) is 0 Å². The highest BCUT2D eigenvalue weighted by molar-refractivity contribution is 4.22. The van der Waals surface area contributed by atoms with Crippen LogP contribution in [0.3, 0.4) is 0 Å². The summed E-state index contributed by atoms with van der Waals surface area (Å²) in [4.78, 5) is 0. The third-order valence-electron chi connectivity index (χ3n) is 0.223. The van der Waals surface area contributed by atoms with Crippen molar-refractivity contribution in [3.8, 4) is 0 Å².